The van der Waals surface area contributed by atoms with Crippen molar-refractivity contribution in [3.8, 4) is 22.8 Å². The lowest BCUT2D eigenvalue weighted by Crippen LogP contribution is -2.28. The number of carbonyl (C=O) groups is 1. The van der Waals surface area contributed by atoms with Crippen LogP contribution in [0.25, 0.3) is 22.8 Å². The molecule has 150 valence electrons. The van der Waals surface area contributed by atoms with Crippen molar-refractivity contribution in [2.75, 3.05) is 5.32 Å². The molecule has 0 radical (unpaired) electrons. The smallest absolute Gasteiger partial charge is 0.263 e. The monoisotopic (exact) mass is 420 g/mol. The summed E-state index contributed by atoms with van der Waals surface area (Å²) >= 11 is 5.90. The number of carbonyl (C=O) groups excluding carboxylic acids is 1. The SMILES string of the molecule is Cc1ccccc1NC(=O)Cn1cccc(-c2nc(-c3ccc(Cl)cc3)no2)c1=O. The highest BCUT2D eigenvalue weighted by molar-refractivity contribution is 6.30. The maximum absolute atomic E-state index is 12.9. The molecule has 0 spiro atoms. The summed E-state index contributed by atoms with van der Waals surface area (Å²) in [7, 11) is 0. The molecule has 8 heteroatoms. The van der Waals surface area contributed by atoms with E-state index in [0.717, 1.165) is 5.56 Å². The largest absolute Gasteiger partial charge is 0.333 e. The van der Waals surface area contributed by atoms with E-state index in [9.17, 15) is 9.59 Å². The Bertz CT molecular complexity index is 1260. The van der Waals surface area contributed by atoms with E-state index in [1.807, 2.05) is 31.2 Å². The zero-order valence-corrected chi connectivity index (χ0v) is 16.8. The first-order chi connectivity index (χ1) is 14.5. The first kappa shape index (κ1) is 19.6. The number of hydrogen-bond acceptors (Lipinski definition) is 5. The van der Waals surface area contributed by atoms with E-state index in [4.69, 9.17) is 16.1 Å². The summed E-state index contributed by atoms with van der Waals surface area (Å²) in [6.45, 7) is 1.76. The topological polar surface area (TPSA) is 90.0 Å². The number of benzene rings is 2. The number of nitrogens with one attached hydrogen (secondary N) is 1. The third-order valence-electron chi connectivity index (χ3n) is 4.51. The fourth-order valence-electron chi connectivity index (χ4n) is 2.93. The van der Waals surface area contributed by atoms with Crippen molar-refractivity contribution < 1.29 is 9.32 Å². The van der Waals surface area contributed by atoms with Gasteiger partial charge >= 0.3 is 0 Å². The van der Waals surface area contributed by atoms with Crippen molar-refractivity contribution in [3.63, 3.8) is 0 Å². The zero-order valence-electron chi connectivity index (χ0n) is 16.0. The summed E-state index contributed by atoms with van der Waals surface area (Å²) in [4.78, 5) is 29.6. The van der Waals surface area contributed by atoms with Gasteiger partial charge in [0.15, 0.2) is 0 Å². The van der Waals surface area contributed by atoms with E-state index in [1.165, 1.54) is 4.57 Å². The van der Waals surface area contributed by atoms with Crippen LogP contribution in [0.5, 0.6) is 0 Å². The molecular formula is C22H17ClN4O3. The van der Waals surface area contributed by atoms with Crippen molar-refractivity contribution in [2.24, 2.45) is 0 Å². The Hall–Kier alpha value is -3.71. The molecule has 0 aliphatic heterocycles. The number of aryl methyl sites for hydroxylation is 1. The van der Waals surface area contributed by atoms with E-state index in [1.54, 1.807) is 42.6 Å². The molecule has 2 heterocycles. The average molecular weight is 421 g/mol. The quantitative estimate of drug-likeness (QED) is 0.523. The van der Waals surface area contributed by atoms with E-state index in [0.29, 0.717) is 22.1 Å². The molecule has 0 saturated heterocycles. The highest BCUT2D eigenvalue weighted by Crippen LogP contribution is 2.21. The predicted octanol–water partition coefficient (Wildman–Crippen LogP) is 4.17. The number of rotatable bonds is 5. The number of aromatic nitrogens is 3. The standard InChI is InChI=1S/C22H17ClN4O3/c1-14-5-2-3-7-18(14)24-19(28)13-27-12-4-6-17(22(27)29)21-25-20(26-30-21)15-8-10-16(23)11-9-15/h2-12H,13H2,1H3,(H,24,28). The summed E-state index contributed by atoms with van der Waals surface area (Å²) in [5, 5.41) is 7.34. The summed E-state index contributed by atoms with van der Waals surface area (Å²) in [5.74, 6) is 0.114. The van der Waals surface area contributed by atoms with Gasteiger partial charge in [0.2, 0.25) is 11.7 Å². The van der Waals surface area contributed by atoms with Crippen LogP contribution in [-0.2, 0) is 11.3 Å². The van der Waals surface area contributed by atoms with E-state index >= 15 is 0 Å². The fraction of sp³-hybridized carbons (Fsp3) is 0.0909. The normalized spacial score (nSPS) is 10.7. The number of anilines is 1. The van der Waals surface area contributed by atoms with Gasteiger partial charge in [0.25, 0.3) is 11.4 Å². The minimum atomic E-state index is -0.399. The van der Waals surface area contributed by atoms with Gasteiger partial charge in [-0.25, -0.2) is 0 Å². The lowest BCUT2D eigenvalue weighted by atomic mass is 10.2. The van der Waals surface area contributed by atoms with Crippen LogP contribution in [0.15, 0.2) is 76.2 Å². The molecule has 0 atom stereocenters. The lowest BCUT2D eigenvalue weighted by Gasteiger charge is -2.09. The highest BCUT2D eigenvalue weighted by Gasteiger charge is 2.16. The third kappa shape index (κ3) is 4.16. The van der Waals surface area contributed by atoms with Crippen LogP contribution in [0.1, 0.15) is 5.56 Å². The molecule has 1 amide bonds. The van der Waals surface area contributed by atoms with Gasteiger partial charge in [-0.2, -0.15) is 4.98 Å². The third-order valence-corrected chi connectivity index (χ3v) is 4.76. The number of hydrogen-bond donors (Lipinski definition) is 1. The molecule has 0 unspecified atom stereocenters. The van der Waals surface area contributed by atoms with Gasteiger partial charge in [-0.3, -0.25) is 9.59 Å². The zero-order chi connectivity index (χ0) is 21.1. The predicted molar refractivity (Wildman–Crippen MR) is 114 cm³/mol. The molecular weight excluding hydrogens is 404 g/mol. The minimum Gasteiger partial charge on any atom is -0.333 e. The molecule has 0 aliphatic rings. The number of amides is 1. The molecule has 4 rings (SSSR count). The second-order valence-electron chi connectivity index (χ2n) is 6.65. The van der Waals surface area contributed by atoms with Crippen LogP contribution in [0.2, 0.25) is 5.02 Å². The maximum Gasteiger partial charge on any atom is 0.263 e. The Morgan fingerprint density at radius 3 is 2.63 bits per heavy atom. The van der Waals surface area contributed by atoms with Gasteiger partial charge in [-0.15, -0.1) is 0 Å². The van der Waals surface area contributed by atoms with Crippen LogP contribution in [0.4, 0.5) is 5.69 Å². The van der Waals surface area contributed by atoms with Crippen molar-refractivity contribution in [3.05, 3.63) is 87.8 Å². The van der Waals surface area contributed by atoms with Crippen LogP contribution in [0.3, 0.4) is 0 Å². The average Bonchev–Trinajstić information content (AvgIpc) is 3.22. The van der Waals surface area contributed by atoms with E-state index in [-0.39, 0.29) is 23.9 Å². The number of nitrogens with zero attached hydrogens (tertiary/aromatic N) is 3. The van der Waals surface area contributed by atoms with Crippen molar-refractivity contribution in [1.82, 2.24) is 14.7 Å². The van der Waals surface area contributed by atoms with Gasteiger partial charge in [0, 0.05) is 22.5 Å². The number of halogens is 1. The molecule has 0 aliphatic carbocycles. The van der Waals surface area contributed by atoms with E-state index < -0.39 is 5.56 Å². The van der Waals surface area contributed by atoms with Crippen LogP contribution in [0, 0.1) is 6.92 Å². The molecule has 0 bridgehead atoms. The Kier molecular flexibility index (Phi) is 5.45. The van der Waals surface area contributed by atoms with Gasteiger partial charge in [0.1, 0.15) is 12.1 Å². The molecule has 2 aromatic heterocycles. The van der Waals surface area contributed by atoms with Gasteiger partial charge in [-0.1, -0.05) is 35.0 Å². The first-order valence-electron chi connectivity index (χ1n) is 9.16. The summed E-state index contributed by atoms with van der Waals surface area (Å²) in [6, 6.07) is 17.6. The lowest BCUT2D eigenvalue weighted by molar-refractivity contribution is -0.116. The van der Waals surface area contributed by atoms with Crippen molar-refractivity contribution >= 4 is 23.2 Å². The number of pyridine rings is 1. The highest BCUT2D eigenvalue weighted by atomic mass is 35.5. The van der Waals surface area contributed by atoms with E-state index in [2.05, 4.69) is 15.5 Å². The summed E-state index contributed by atoms with van der Waals surface area (Å²) in [6.07, 6.45) is 1.54. The van der Waals surface area contributed by atoms with Gasteiger partial charge in [0.05, 0.1) is 0 Å². The van der Waals surface area contributed by atoms with Crippen LogP contribution < -0.4 is 10.9 Å². The van der Waals surface area contributed by atoms with Gasteiger partial charge in [-0.05, 0) is 55.0 Å². The van der Waals surface area contributed by atoms with Crippen LogP contribution in [-0.4, -0.2) is 20.6 Å². The number of para-hydroxylation sites is 1. The molecule has 2 aromatic carbocycles. The van der Waals surface area contributed by atoms with Crippen molar-refractivity contribution in [1.29, 1.82) is 0 Å². The molecule has 30 heavy (non-hydrogen) atoms. The summed E-state index contributed by atoms with van der Waals surface area (Å²) in [5.41, 5.74) is 2.17. The van der Waals surface area contributed by atoms with Crippen molar-refractivity contribution in [2.45, 2.75) is 13.5 Å². The fourth-order valence-corrected chi connectivity index (χ4v) is 3.06. The van der Waals surface area contributed by atoms with Gasteiger partial charge < -0.3 is 14.4 Å². The maximum atomic E-state index is 12.9. The molecule has 4 aromatic rings. The first-order valence-corrected chi connectivity index (χ1v) is 9.54. The Morgan fingerprint density at radius 2 is 1.87 bits per heavy atom. The Labute approximate surface area is 176 Å². The minimum absolute atomic E-state index is 0.0820. The molecule has 0 saturated carbocycles. The molecule has 1 N–H and O–H groups in total. The summed E-state index contributed by atoms with van der Waals surface area (Å²) < 4.78 is 6.58. The molecule has 7 nitrogen and oxygen atoms in total. The Balaban J connectivity index is 1.56. The molecule has 0 fully saturated rings. The Morgan fingerprint density at radius 1 is 1.10 bits per heavy atom. The van der Waals surface area contributed by atoms with Crippen LogP contribution >= 0.6 is 11.6 Å². The second kappa shape index (κ2) is 8.34. The second-order valence-corrected chi connectivity index (χ2v) is 7.08.